The van der Waals surface area contributed by atoms with E-state index < -0.39 is 12.1 Å². The zero-order chi connectivity index (χ0) is 9.61. The second-order valence-corrected chi connectivity index (χ2v) is 3.88. The third kappa shape index (κ3) is 6.41. The topological polar surface area (TPSA) is 40.1 Å². The minimum Gasteiger partial charge on any atom is -0.542 e. The lowest BCUT2D eigenvalue weighted by Gasteiger charge is -2.03. The predicted molar refractivity (Wildman–Crippen MR) is 41.8 cm³/mol. The van der Waals surface area contributed by atoms with E-state index in [9.17, 15) is 13.2 Å². The van der Waals surface area contributed by atoms with Gasteiger partial charge in [-0.2, -0.15) is 13.2 Å². The first kappa shape index (κ1) is 11.7. The Labute approximate surface area is 75.1 Å². The Morgan fingerprint density at radius 2 is 2.08 bits per heavy atom. The number of carboxylic acids is 1. The van der Waals surface area contributed by atoms with Gasteiger partial charge in [0, 0.05) is 0 Å². The maximum absolute atomic E-state index is 10.5. The lowest BCUT2D eigenvalue weighted by molar-refractivity contribution is -0.344. The van der Waals surface area contributed by atoms with Crippen molar-refractivity contribution in [1.29, 1.82) is 0 Å². The van der Waals surface area contributed by atoms with Gasteiger partial charge in [-0.05, 0) is 0 Å². The van der Waals surface area contributed by atoms with Gasteiger partial charge in [0.25, 0.3) is 0 Å². The molecule has 1 rings (SSSR count). The van der Waals surface area contributed by atoms with E-state index in [1.54, 1.807) is 0 Å². The number of carbonyl (C=O) groups is 1. The number of carboxylic acid groups (broad SMARTS) is 1. The molecule has 0 aromatic heterocycles. The lowest BCUT2D eigenvalue weighted by Crippen LogP contribution is -2.37. The summed E-state index contributed by atoms with van der Waals surface area (Å²) in [4.78, 5) is 8.78. The van der Waals surface area contributed by atoms with Crippen molar-refractivity contribution >= 4 is 33.8 Å². The number of carbonyl (C=O) groups excluding carboxylic acids is 1. The molecule has 0 saturated heterocycles. The molecule has 7 heteroatoms. The Balaban J connectivity index is 0.000000211. The van der Waals surface area contributed by atoms with Crippen LogP contribution in [-0.2, 0) is 16.1 Å². The minimum atomic E-state index is -5.19. The van der Waals surface area contributed by atoms with Gasteiger partial charge >= 0.3 is 6.18 Å². The first-order chi connectivity index (χ1) is 5.44. The van der Waals surface area contributed by atoms with E-state index in [1.165, 1.54) is 11.5 Å². The number of halogens is 3. The predicted octanol–water partition coefficient (Wildman–Crippen LogP) is -0.126. The normalized spacial score (nSPS) is 15.2. The first-order valence-electron chi connectivity index (χ1n) is 2.77. The van der Waals surface area contributed by atoms with Crippen LogP contribution in [0.5, 0.6) is 0 Å². The maximum Gasteiger partial charge on any atom is 0.430 e. The number of aliphatic carboxylic acids is 1. The molecule has 0 aromatic rings. The molecule has 0 atom stereocenters. The van der Waals surface area contributed by atoms with Crippen LogP contribution in [0, 0.1) is 0 Å². The summed E-state index contributed by atoms with van der Waals surface area (Å²) in [5.41, 5.74) is 0. The maximum atomic E-state index is 10.5. The first-order valence-corrected chi connectivity index (χ1v) is 4.87. The van der Waals surface area contributed by atoms with Gasteiger partial charge in [-0.15, -0.1) is 0 Å². The third-order valence-electron chi connectivity index (χ3n) is 0.687. The Bertz CT molecular complexity index is 172. The molecule has 1 aliphatic rings. The second kappa shape index (κ2) is 5.36. The molecular weight excluding hydrogens is 213 g/mol. The summed E-state index contributed by atoms with van der Waals surface area (Å²) in [7, 11) is 0. The number of rotatable bonds is 0. The standard InChI is InChI=1S/C3H5S2.C2HF3O2/c1-2-5-3-4-1;3-2(4,5)1(6)7/h3H,1-2H2;(H,6,7)/q+1;/p-1. The Hall–Kier alpha value is -0.300. The van der Waals surface area contributed by atoms with Crippen molar-refractivity contribution in [3.8, 4) is 0 Å². The summed E-state index contributed by atoms with van der Waals surface area (Å²) in [6.45, 7) is 0. The van der Waals surface area contributed by atoms with Gasteiger partial charge in [-0.25, -0.2) is 0 Å². The van der Waals surface area contributed by atoms with Crippen LogP contribution in [-0.4, -0.2) is 28.4 Å². The highest BCUT2D eigenvalue weighted by Gasteiger charge is 2.28. The Kier molecular flexibility index (Phi) is 5.23. The molecule has 0 unspecified atom stereocenters. The molecule has 1 aliphatic heterocycles. The van der Waals surface area contributed by atoms with Crippen molar-refractivity contribution in [3.05, 3.63) is 0 Å². The molecule has 70 valence electrons. The number of hydrogen-bond acceptors (Lipinski definition) is 3. The largest absolute Gasteiger partial charge is 0.542 e. The van der Waals surface area contributed by atoms with Crippen LogP contribution in [0.1, 0.15) is 0 Å². The van der Waals surface area contributed by atoms with Gasteiger partial charge in [0.1, 0.15) is 5.97 Å². The van der Waals surface area contributed by atoms with E-state index in [1.807, 2.05) is 23.1 Å². The van der Waals surface area contributed by atoms with Crippen molar-refractivity contribution in [3.63, 3.8) is 0 Å². The highest BCUT2D eigenvalue weighted by molar-refractivity contribution is 8.22. The highest BCUT2D eigenvalue weighted by atomic mass is 32.2. The fourth-order valence-corrected chi connectivity index (χ4v) is 2.17. The monoisotopic (exact) mass is 218 g/mol. The molecule has 0 bridgehead atoms. The fraction of sp³-hybridized carbons (Fsp3) is 0.600. The zero-order valence-corrected chi connectivity index (χ0v) is 7.39. The average Bonchev–Trinajstić information content (AvgIpc) is 2.39. The third-order valence-corrected chi connectivity index (χ3v) is 2.91. The number of alkyl halides is 3. The Morgan fingerprint density at radius 3 is 2.17 bits per heavy atom. The summed E-state index contributed by atoms with van der Waals surface area (Å²) in [5, 5.41) is 8.78. The Morgan fingerprint density at radius 1 is 1.58 bits per heavy atom. The van der Waals surface area contributed by atoms with Gasteiger partial charge in [-0.1, -0.05) is 11.8 Å². The molecule has 0 aliphatic carbocycles. The summed E-state index contributed by atoms with van der Waals surface area (Å²) < 4.78 is 33.7. The molecule has 0 N–H and O–H groups in total. The van der Waals surface area contributed by atoms with Crippen molar-refractivity contribution < 1.29 is 23.1 Å². The quantitative estimate of drug-likeness (QED) is 0.420. The van der Waals surface area contributed by atoms with Crippen LogP contribution >= 0.6 is 11.8 Å². The summed E-state index contributed by atoms with van der Waals surface area (Å²) in [6, 6.07) is 0. The average molecular weight is 218 g/mol. The van der Waals surface area contributed by atoms with Crippen LogP contribution in [0.2, 0.25) is 0 Å². The van der Waals surface area contributed by atoms with Crippen LogP contribution in [0.15, 0.2) is 0 Å². The molecule has 0 spiro atoms. The van der Waals surface area contributed by atoms with Gasteiger partial charge in [0.05, 0.1) is 5.75 Å². The lowest BCUT2D eigenvalue weighted by atomic mass is 10.7. The van der Waals surface area contributed by atoms with Gasteiger partial charge in [-0.3, -0.25) is 0 Å². The van der Waals surface area contributed by atoms with E-state index in [0.717, 1.165) is 0 Å². The van der Waals surface area contributed by atoms with E-state index in [-0.39, 0.29) is 0 Å². The molecule has 1 heterocycles. The summed E-state index contributed by atoms with van der Waals surface area (Å²) in [5.74, 6) is -0.359. The molecule has 0 fully saturated rings. The van der Waals surface area contributed by atoms with Crippen LogP contribution in [0.4, 0.5) is 13.2 Å². The number of thioether (sulfide) groups is 1. The van der Waals surface area contributed by atoms with E-state index in [0.29, 0.717) is 0 Å². The molecule has 0 aromatic carbocycles. The SMILES string of the molecule is C1=[S+]CCS1.O=C([O-])C(F)(F)F. The molecule has 0 radical (unpaired) electrons. The van der Waals surface area contributed by atoms with E-state index >= 15 is 0 Å². The van der Waals surface area contributed by atoms with Crippen LogP contribution < -0.4 is 5.11 Å². The van der Waals surface area contributed by atoms with Crippen LogP contribution in [0.25, 0.3) is 0 Å². The zero-order valence-electron chi connectivity index (χ0n) is 5.76. The van der Waals surface area contributed by atoms with Crippen LogP contribution in [0.3, 0.4) is 0 Å². The van der Waals surface area contributed by atoms with Gasteiger partial charge in [0.15, 0.2) is 17.1 Å². The van der Waals surface area contributed by atoms with Crippen molar-refractivity contribution in [1.82, 2.24) is 0 Å². The summed E-state index contributed by atoms with van der Waals surface area (Å²) in [6.07, 6.45) is -5.19. The smallest absolute Gasteiger partial charge is 0.430 e. The second-order valence-electron chi connectivity index (χ2n) is 1.62. The molecule has 0 amide bonds. The molecule has 2 nitrogen and oxygen atoms in total. The van der Waals surface area contributed by atoms with Crippen molar-refractivity contribution in [2.24, 2.45) is 0 Å². The van der Waals surface area contributed by atoms with Gasteiger partial charge < -0.3 is 9.90 Å². The molecule has 12 heavy (non-hydrogen) atoms. The van der Waals surface area contributed by atoms with E-state index in [4.69, 9.17) is 9.90 Å². The van der Waals surface area contributed by atoms with Gasteiger partial charge in [0.2, 0.25) is 4.70 Å². The number of hydrogen-bond donors (Lipinski definition) is 0. The van der Waals surface area contributed by atoms with Crippen molar-refractivity contribution in [2.75, 3.05) is 11.5 Å². The molecule has 0 saturated carbocycles. The molecular formula is C5H5F3O2S2. The highest BCUT2D eigenvalue weighted by Crippen LogP contribution is 2.11. The fourth-order valence-electron chi connectivity index (χ4n) is 0.241. The van der Waals surface area contributed by atoms with Crippen molar-refractivity contribution in [2.45, 2.75) is 6.18 Å². The summed E-state index contributed by atoms with van der Waals surface area (Å²) >= 11 is 3.82. The van der Waals surface area contributed by atoms with E-state index in [2.05, 4.69) is 4.70 Å². The minimum absolute atomic E-state index is 1.32.